The molecule has 0 saturated heterocycles. The van der Waals surface area contributed by atoms with Gasteiger partial charge in [0.1, 0.15) is 5.78 Å². The Hall–Kier alpha value is -2.38. The first-order valence-corrected chi connectivity index (χ1v) is 11.2. The second kappa shape index (κ2) is 9.83. The molecule has 0 spiro atoms. The zero-order valence-electron chi connectivity index (χ0n) is 18.1. The molecule has 31 heavy (non-hydrogen) atoms. The van der Waals surface area contributed by atoms with E-state index >= 15 is 0 Å². The number of nitrogens with zero attached hydrogens (tertiary/aromatic N) is 1. The van der Waals surface area contributed by atoms with Gasteiger partial charge in [-0.3, -0.25) is 9.59 Å². The first-order valence-electron chi connectivity index (χ1n) is 10.4. The van der Waals surface area contributed by atoms with Crippen LogP contribution in [0.3, 0.4) is 0 Å². The molecular formula is C24H28BrNO5. The number of carbonyl (C=O) groups is 2. The fourth-order valence-corrected chi connectivity index (χ4v) is 4.22. The normalized spacial score (nSPS) is 17.6. The third kappa shape index (κ3) is 4.93. The summed E-state index contributed by atoms with van der Waals surface area (Å²) in [7, 11) is 1.58. The molecule has 0 radical (unpaired) electrons. The van der Waals surface area contributed by atoms with Crippen LogP contribution in [0.1, 0.15) is 50.7 Å². The maximum atomic E-state index is 13.2. The van der Waals surface area contributed by atoms with Crippen LogP contribution in [0.25, 0.3) is 0 Å². The number of aliphatic hydroxyl groups is 1. The van der Waals surface area contributed by atoms with Crippen LogP contribution in [0.15, 0.2) is 40.9 Å². The van der Waals surface area contributed by atoms with Crippen molar-refractivity contribution in [3.05, 3.63) is 52.0 Å². The van der Waals surface area contributed by atoms with Crippen molar-refractivity contribution in [2.24, 2.45) is 0 Å². The number of ether oxygens (including phenoxy) is 2. The molecular weight excluding hydrogens is 462 g/mol. The highest BCUT2D eigenvalue weighted by Crippen LogP contribution is 2.44. The maximum absolute atomic E-state index is 13.2. The summed E-state index contributed by atoms with van der Waals surface area (Å²) in [6.45, 7) is 4.37. The molecule has 1 unspecified atom stereocenters. The van der Waals surface area contributed by atoms with Gasteiger partial charge < -0.3 is 19.5 Å². The van der Waals surface area contributed by atoms with E-state index in [0.29, 0.717) is 29.4 Å². The van der Waals surface area contributed by atoms with Gasteiger partial charge >= 0.3 is 0 Å². The third-order valence-corrected chi connectivity index (χ3v) is 5.87. The summed E-state index contributed by atoms with van der Waals surface area (Å²) in [6.07, 6.45) is 2.94. The van der Waals surface area contributed by atoms with Crippen LogP contribution in [0.2, 0.25) is 0 Å². The van der Waals surface area contributed by atoms with Gasteiger partial charge in [-0.2, -0.15) is 0 Å². The summed E-state index contributed by atoms with van der Waals surface area (Å²) in [5.74, 6) is 0.493. The number of carbonyl (C=O) groups excluding carboxylic acids is 2. The fraction of sp³-hybridized carbons (Fsp3) is 0.417. The number of ketones is 1. The Morgan fingerprint density at radius 3 is 2.61 bits per heavy atom. The van der Waals surface area contributed by atoms with Crippen LogP contribution in [-0.2, 0) is 21.7 Å². The predicted octanol–water partition coefficient (Wildman–Crippen LogP) is 4.74. The minimum Gasteiger partial charge on any atom is -0.493 e. The summed E-state index contributed by atoms with van der Waals surface area (Å²) in [6, 6.07) is 10.8. The van der Waals surface area contributed by atoms with E-state index in [2.05, 4.69) is 22.9 Å². The smallest absolute Gasteiger partial charge is 0.264 e. The first-order chi connectivity index (χ1) is 14.8. The zero-order valence-corrected chi connectivity index (χ0v) is 19.7. The minimum atomic E-state index is -1.86. The lowest BCUT2D eigenvalue weighted by atomic mass is 9.90. The summed E-state index contributed by atoms with van der Waals surface area (Å²) in [4.78, 5) is 26.5. The van der Waals surface area contributed by atoms with Gasteiger partial charge in [-0.15, -0.1) is 0 Å². The molecule has 0 aromatic heterocycles. The van der Waals surface area contributed by atoms with Crippen LogP contribution >= 0.6 is 15.9 Å². The van der Waals surface area contributed by atoms with Crippen LogP contribution in [0, 0.1) is 0 Å². The molecule has 3 rings (SSSR count). The highest BCUT2D eigenvalue weighted by molar-refractivity contribution is 9.10. The van der Waals surface area contributed by atoms with Crippen LogP contribution in [0.4, 0.5) is 5.69 Å². The van der Waals surface area contributed by atoms with Gasteiger partial charge in [0.05, 0.1) is 25.9 Å². The van der Waals surface area contributed by atoms with E-state index in [4.69, 9.17) is 9.47 Å². The molecule has 7 heteroatoms. The lowest BCUT2D eigenvalue weighted by Crippen LogP contribution is -2.41. The maximum Gasteiger partial charge on any atom is 0.264 e. The van der Waals surface area contributed by atoms with Gasteiger partial charge in [0, 0.05) is 16.5 Å². The van der Waals surface area contributed by atoms with Crippen molar-refractivity contribution in [1.29, 1.82) is 0 Å². The van der Waals surface area contributed by atoms with E-state index in [1.165, 1.54) is 11.8 Å². The van der Waals surface area contributed by atoms with Crippen molar-refractivity contribution in [1.82, 2.24) is 0 Å². The number of amides is 1. The highest BCUT2D eigenvalue weighted by atomic mass is 79.9. The van der Waals surface area contributed by atoms with Gasteiger partial charge in [-0.25, -0.2) is 0 Å². The number of hydrogen-bond acceptors (Lipinski definition) is 5. The molecule has 2 aromatic rings. The average Bonchev–Trinajstić information content (AvgIpc) is 2.92. The SMILES string of the molecule is CCCCCOc1ccc(CN2C(=O)C(O)(CC(C)=O)c3cc(Br)ccc32)cc1OC. The number of methoxy groups -OCH3 is 1. The van der Waals surface area contributed by atoms with Gasteiger partial charge in [-0.1, -0.05) is 41.8 Å². The molecule has 1 atom stereocenters. The molecule has 0 aliphatic carbocycles. The van der Waals surface area contributed by atoms with E-state index in [-0.39, 0.29) is 18.7 Å². The molecule has 1 aliphatic heterocycles. The first kappa shape index (κ1) is 23.3. The van der Waals surface area contributed by atoms with Gasteiger partial charge in [0.15, 0.2) is 17.1 Å². The van der Waals surface area contributed by atoms with Crippen LogP contribution in [0.5, 0.6) is 11.5 Å². The number of anilines is 1. The Morgan fingerprint density at radius 1 is 1.16 bits per heavy atom. The third-order valence-electron chi connectivity index (χ3n) is 5.37. The van der Waals surface area contributed by atoms with Crippen molar-refractivity contribution in [2.75, 3.05) is 18.6 Å². The van der Waals surface area contributed by atoms with Crippen LogP contribution < -0.4 is 14.4 Å². The predicted molar refractivity (Wildman–Crippen MR) is 123 cm³/mol. The molecule has 2 aromatic carbocycles. The summed E-state index contributed by atoms with van der Waals surface area (Å²) < 4.78 is 12.0. The number of benzene rings is 2. The molecule has 1 aliphatic rings. The number of rotatable bonds is 10. The van der Waals surface area contributed by atoms with Crippen molar-refractivity contribution in [2.45, 2.75) is 51.7 Å². The molecule has 0 bridgehead atoms. The second-order valence-electron chi connectivity index (χ2n) is 7.83. The van der Waals surface area contributed by atoms with Crippen molar-refractivity contribution < 1.29 is 24.2 Å². The Kier molecular flexibility index (Phi) is 7.38. The Morgan fingerprint density at radius 2 is 1.94 bits per heavy atom. The van der Waals surface area contributed by atoms with E-state index in [1.807, 2.05) is 24.3 Å². The molecule has 6 nitrogen and oxygen atoms in total. The summed E-state index contributed by atoms with van der Waals surface area (Å²) >= 11 is 3.39. The van der Waals surface area contributed by atoms with Crippen molar-refractivity contribution in [3.8, 4) is 11.5 Å². The van der Waals surface area contributed by atoms with E-state index in [0.717, 1.165) is 29.3 Å². The van der Waals surface area contributed by atoms with E-state index in [9.17, 15) is 14.7 Å². The molecule has 1 amide bonds. The lowest BCUT2D eigenvalue weighted by Gasteiger charge is -2.22. The molecule has 1 heterocycles. The Bertz CT molecular complexity index is 976. The van der Waals surface area contributed by atoms with Crippen molar-refractivity contribution in [3.63, 3.8) is 0 Å². The lowest BCUT2D eigenvalue weighted by molar-refractivity contribution is -0.141. The molecule has 166 valence electrons. The standard InChI is InChI=1S/C24H28BrNO5/c1-4-5-6-11-31-21-10-7-17(12-22(21)30-3)15-26-20-9-8-18(25)13-19(20)24(29,23(26)28)14-16(2)27/h7-10,12-13,29H,4-6,11,14-15H2,1-3H3. The van der Waals surface area contributed by atoms with Crippen LogP contribution in [-0.4, -0.2) is 30.5 Å². The molecule has 1 N–H and O–H groups in total. The number of fused-ring (bicyclic) bond motifs is 1. The van der Waals surface area contributed by atoms with Gasteiger partial charge in [0.2, 0.25) is 0 Å². The second-order valence-corrected chi connectivity index (χ2v) is 8.75. The summed E-state index contributed by atoms with van der Waals surface area (Å²) in [5.41, 5.74) is -0.00930. The monoisotopic (exact) mass is 489 g/mol. The van der Waals surface area contributed by atoms with Crippen molar-refractivity contribution >= 4 is 33.3 Å². The van der Waals surface area contributed by atoms with E-state index in [1.54, 1.807) is 19.2 Å². The largest absolute Gasteiger partial charge is 0.493 e. The molecule has 0 saturated carbocycles. The van der Waals surface area contributed by atoms with Gasteiger partial charge in [-0.05, 0) is 49.2 Å². The topological polar surface area (TPSA) is 76.1 Å². The average molecular weight is 490 g/mol. The summed E-state index contributed by atoms with van der Waals surface area (Å²) in [5, 5.41) is 11.2. The number of hydrogen-bond donors (Lipinski definition) is 1. The minimum absolute atomic E-state index is 0.236. The van der Waals surface area contributed by atoms with Gasteiger partial charge in [0.25, 0.3) is 5.91 Å². The number of Topliss-reactive ketones (excluding diaryl/α,β-unsaturated/α-hetero) is 1. The van der Waals surface area contributed by atoms with E-state index < -0.39 is 11.5 Å². The zero-order chi connectivity index (χ0) is 22.6. The quantitative estimate of drug-likeness (QED) is 0.487. The number of halogens is 1. The Balaban J connectivity index is 1.87. The number of unbranched alkanes of at least 4 members (excludes halogenated alkanes) is 2. The fourth-order valence-electron chi connectivity index (χ4n) is 3.86. The highest BCUT2D eigenvalue weighted by Gasteiger charge is 2.50. The Labute approximate surface area is 191 Å². The molecule has 0 fully saturated rings.